The molecular weight excluding hydrogens is 317 g/mol. The van der Waals surface area contributed by atoms with Crippen molar-refractivity contribution in [1.29, 1.82) is 0 Å². The van der Waals surface area contributed by atoms with Gasteiger partial charge in [0.1, 0.15) is 17.2 Å². The van der Waals surface area contributed by atoms with Gasteiger partial charge in [0.2, 0.25) is 0 Å². The topological polar surface area (TPSA) is 47.0 Å². The third kappa shape index (κ3) is 3.14. The van der Waals surface area contributed by atoms with Crippen molar-refractivity contribution in [3.8, 4) is 17.1 Å². The van der Waals surface area contributed by atoms with Gasteiger partial charge in [-0.1, -0.05) is 24.3 Å². The van der Waals surface area contributed by atoms with Crippen LogP contribution < -0.4 is 10.1 Å². The van der Waals surface area contributed by atoms with Gasteiger partial charge in [0.05, 0.1) is 12.6 Å². The van der Waals surface area contributed by atoms with Crippen LogP contribution >= 0.6 is 0 Å². The van der Waals surface area contributed by atoms with E-state index in [-0.39, 0.29) is 6.04 Å². The van der Waals surface area contributed by atoms with Crippen LogP contribution in [0.4, 0.5) is 10.2 Å². The van der Waals surface area contributed by atoms with Crippen molar-refractivity contribution >= 4 is 16.7 Å². The van der Waals surface area contributed by atoms with Crippen LogP contribution in [-0.4, -0.2) is 28.8 Å². The largest absolute Gasteiger partial charge is 0.497 e. The maximum absolute atomic E-state index is 13.8. The van der Waals surface area contributed by atoms with Gasteiger partial charge < -0.3 is 10.1 Å². The van der Waals surface area contributed by atoms with E-state index in [0.717, 1.165) is 28.0 Å². The summed E-state index contributed by atoms with van der Waals surface area (Å²) in [7, 11) is 1.64. The number of hydrogen-bond acceptors (Lipinski definition) is 4. The summed E-state index contributed by atoms with van der Waals surface area (Å²) >= 11 is 0. The van der Waals surface area contributed by atoms with E-state index in [0.29, 0.717) is 18.7 Å². The molecule has 3 aromatic rings. The molecule has 4 rings (SSSR count). The Hall–Kier alpha value is -2.69. The summed E-state index contributed by atoms with van der Waals surface area (Å²) < 4.78 is 19.1. The van der Waals surface area contributed by atoms with Crippen molar-refractivity contribution in [3.63, 3.8) is 0 Å². The fourth-order valence-corrected chi connectivity index (χ4v) is 3.34. The van der Waals surface area contributed by atoms with Gasteiger partial charge in [-0.25, -0.2) is 14.4 Å². The second-order valence-electron chi connectivity index (χ2n) is 6.81. The van der Waals surface area contributed by atoms with Gasteiger partial charge in [-0.2, -0.15) is 0 Å². The third-order valence-corrected chi connectivity index (χ3v) is 4.62. The lowest BCUT2D eigenvalue weighted by molar-refractivity contribution is 0.0722. The van der Waals surface area contributed by atoms with Crippen LogP contribution in [-0.2, 0) is 0 Å². The summed E-state index contributed by atoms with van der Waals surface area (Å²) in [6.07, 6.45) is 1.000. The van der Waals surface area contributed by atoms with E-state index in [2.05, 4.69) is 10.3 Å². The first-order valence-corrected chi connectivity index (χ1v) is 8.41. The molecule has 1 aliphatic carbocycles. The van der Waals surface area contributed by atoms with Gasteiger partial charge in [0.25, 0.3) is 0 Å². The summed E-state index contributed by atoms with van der Waals surface area (Å²) in [5, 5.41) is 4.34. The van der Waals surface area contributed by atoms with Gasteiger partial charge in [-0.15, -0.1) is 0 Å². The van der Waals surface area contributed by atoms with Gasteiger partial charge in [0.15, 0.2) is 5.82 Å². The fraction of sp³-hybridized carbons (Fsp3) is 0.300. The Morgan fingerprint density at radius 3 is 2.68 bits per heavy atom. The molecule has 0 aliphatic heterocycles. The molecule has 5 heteroatoms. The lowest BCUT2D eigenvalue weighted by Crippen LogP contribution is -2.45. The van der Waals surface area contributed by atoms with Crippen LogP contribution in [0.1, 0.15) is 19.8 Å². The molecule has 128 valence electrons. The molecule has 0 spiro atoms. The van der Waals surface area contributed by atoms with E-state index in [1.54, 1.807) is 14.0 Å². The molecule has 2 aromatic carbocycles. The van der Waals surface area contributed by atoms with Crippen LogP contribution in [0.2, 0.25) is 0 Å². The number of rotatable bonds is 4. The van der Waals surface area contributed by atoms with E-state index < -0.39 is 5.67 Å². The summed E-state index contributed by atoms with van der Waals surface area (Å²) in [4.78, 5) is 9.40. The number of hydrogen-bond donors (Lipinski definition) is 1. The standard InChI is InChI=1S/C20H20FN3O/c1-20(21)11-14(12-20)22-19-16-8-3-4-9-17(16)23-18(24-19)13-6-5-7-15(10-13)25-2/h3-10,14H,11-12H2,1-2H3,(H,22,23,24). The zero-order valence-corrected chi connectivity index (χ0v) is 14.3. The monoisotopic (exact) mass is 337 g/mol. The predicted molar refractivity (Wildman–Crippen MR) is 97.7 cm³/mol. The Kier molecular flexibility index (Phi) is 3.79. The lowest BCUT2D eigenvalue weighted by atomic mass is 9.79. The average molecular weight is 337 g/mol. The predicted octanol–water partition coefficient (Wildman–Crippen LogP) is 4.61. The molecule has 4 nitrogen and oxygen atoms in total. The molecule has 1 heterocycles. The van der Waals surface area contributed by atoms with Crippen molar-refractivity contribution in [1.82, 2.24) is 9.97 Å². The van der Waals surface area contributed by atoms with Crippen LogP contribution in [0.3, 0.4) is 0 Å². The number of anilines is 1. The molecule has 0 atom stereocenters. The molecule has 1 aliphatic rings. The Morgan fingerprint density at radius 1 is 1.12 bits per heavy atom. The number of nitrogens with zero attached hydrogens (tertiary/aromatic N) is 2. The van der Waals surface area contributed by atoms with Crippen molar-refractivity contribution in [2.45, 2.75) is 31.5 Å². The van der Waals surface area contributed by atoms with E-state index in [9.17, 15) is 4.39 Å². The van der Waals surface area contributed by atoms with Gasteiger partial charge in [-0.05, 0) is 31.2 Å². The number of benzene rings is 2. The highest BCUT2D eigenvalue weighted by Gasteiger charge is 2.40. The number of nitrogens with one attached hydrogen (secondary N) is 1. The molecule has 0 radical (unpaired) electrons. The average Bonchev–Trinajstić information content (AvgIpc) is 2.60. The number of fused-ring (bicyclic) bond motifs is 1. The first-order chi connectivity index (χ1) is 12.0. The van der Waals surface area contributed by atoms with Gasteiger partial charge in [0, 0.05) is 29.8 Å². The second kappa shape index (κ2) is 5.99. The molecular formula is C20H20FN3O. The first-order valence-electron chi connectivity index (χ1n) is 8.41. The van der Waals surface area contributed by atoms with Gasteiger partial charge in [-0.3, -0.25) is 0 Å². The third-order valence-electron chi connectivity index (χ3n) is 4.62. The highest BCUT2D eigenvalue weighted by molar-refractivity contribution is 5.90. The van der Waals surface area contributed by atoms with Crippen LogP contribution in [0.15, 0.2) is 48.5 Å². The first kappa shape index (κ1) is 15.8. The number of ether oxygens (including phenoxy) is 1. The van der Waals surface area contributed by atoms with E-state index in [4.69, 9.17) is 9.72 Å². The number of methoxy groups -OCH3 is 1. The minimum atomic E-state index is -1.07. The van der Waals surface area contributed by atoms with Crippen LogP contribution in [0.5, 0.6) is 5.75 Å². The molecule has 1 aromatic heterocycles. The minimum absolute atomic E-state index is 0.103. The molecule has 0 bridgehead atoms. The van der Waals surface area contributed by atoms with E-state index in [1.807, 2.05) is 48.5 Å². The van der Waals surface area contributed by atoms with Crippen LogP contribution in [0, 0.1) is 0 Å². The Morgan fingerprint density at radius 2 is 1.92 bits per heavy atom. The zero-order chi connectivity index (χ0) is 17.4. The van der Waals surface area contributed by atoms with Gasteiger partial charge >= 0.3 is 0 Å². The second-order valence-corrected chi connectivity index (χ2v) is 6.81. The summed E-state index contributed by atoms with van der Waals surface area (Å²) in [6, 6.07) is 15.6. The molecule has 1 fully saturated rings. The molecule has 25 heavy (non-hydrogen) atoms. The van der Waals surface area contributed by atoms with Crippen molar-refractivity contribution in [3.05, 3.63) is 48.5 Å². The molecule has 1 saturated carbocycles. The summed E-state index contributed by atoms with van der Waals surface area (Å²) in [5.74, 6) is 2.14. The molecule has 0 unspecified atom stereocenters. The van der Waals surface area contributed by atoms with Crippen LogP contribution in [0.25, 0.3) is 22.3 Å². The molecule has 0 amide bonds. The smallest absolute Gasteiger partial charge is 0.162 e. The van der Waals surface area contributed by atoms with Crippen molar-refractivity contribution in [2.24, 2.45) is 0 Å². The highest BCUT2D eigenvalue weighted by atomic mass is 19.1. The minimum Gasteiger partial charge on any atom is -0.497 e. The number of halogens is 1. The number of alkyl halides is 1. The van der Waals surface area contributed by atoms with E-state index in [1.165, 1.54) is 0 Å². The molecule has 1 N–H and O–H groups in total. The Balaban J connectivity index is 1.75. The quantitative estimate of drug-likeness (QED) is 0.755. The summed E-state index contributed by atoms with van der Waals surface area (Å²) in [6.45, 7) is 1.64. The SMILES string of the molecule is COc1cccc(-c2nc(NC3CC(C)(F)C3)c3ccccc3n2)c1. The highest BCUT2D eigenvalue weighted by Crippen LogP contribution is 2.38. The maximum atomic E-state index is 13.8. The lowest BCUT2D eigenvalue weighted by Gasteiger charge is -2.39. The normalized spacial score (nSPS) is 22.4. The summed E-state index contributed by atoms with van der Waals surface area (Å²) in [5.41, 5.74) is 0.674. The Labute approximate surface area is 146 Å². The molecule has 0 saturated heterocycles. The maximum Gasteiger partial charge on any atom is 0.162 e. The number of para-hydroxylation sites is 1. The van der Waals surface area contributed by atoms with E-state index >= 15 is 0 Å². The number of aromatic nitrogens is 2. The van der Waals surface area contributed by atoms with Crippen molar-refractivity contribution < 1.29 is 9.13 Å². The zero-order valence-electron chi connectivity index (χ0n) is 14.3. The fourth-order valence-electron chi connectivity index (χ4n) is 3.34. The Bertz CT molecular complexity index is 918. The van der Waals surface area contributed by atoms with Crippen molar-refractivity contribution in [2.75, 3.05) is 12.4 Å².